The first kappa shape index (κ1) is 23.0. The normalized spacial score (nSPS) is 18.4. The molecule has 1 atom stereocenters. The van der Waals surface area contributed by atoms with E-state index in [4.69, 9.17) is 9.73 Å². The third kappa shape index (κ3) is 5.33. The lowest BCUT2D eigenvalue weighted by atomic mass is 9.82. The Balaban J connectivity index is 1.24. The molecule has 6 nitrogen and oxygen atoms in total. The zero-order valence-electron chi connectivity index (χ0n) is 20.2. The van der Waals surface area contributed by atoms with E-state index in [1.54, 1.807) is 7.11 Å². The van der Waals surface area contributed by atoms with Crippen LogP contribution in [0.25, 0.3) is 0 Å². The van der Waals surface area contributed by atoms with Crippen LogP contribution >= 0.6 is 0 Å². The average molecular weight is 461 g/mol. The van der Waals surface area contributed by atoms with Crippen molar-refractivity contribution < 1.29 is 9.53 Å². The standard InChI is InChI=1S/C28H36N4O2/c1-34-19-26(22-11-3-2-4-12-22)31-27(33)14-24-13-23-15-30-28(25(23)16-29-24)32(17-20-7-5-8-20)18-21-9-6-10-21/h2-4,11-13,16,20-21,26H,5-10,14-15,17-19H2,1H3,(H,31,33)/t26-/m1/s1. The number of pyridine rings is 1. The fourth-order valence-electron chi connectivity index (χ4n) is 5.20. The summed E-state index contributed by atoms with van der Waals surface area (Å²) >= 11 is 0. The van der Waals surface area contributed by atoms with Crippen LogP contribution in [0.3, 0.4) is 0 Å². The maximum atomic E-state index is 12.8. The van der Waals surface area contributed by atoms with E-state index in [9.17, 15) is 4.79 Å². The molecule has 180 valence electrons. The minimum absolute atomic E-state index is 0.0471. The maximum Gasteiger partial charge on any atom is 0.226 e. The molecule has 1 aromatic carbocycles. The number of carbonyl (C=O) groups is 1. The van der Waals surface area contributed by atoms with E-state index in [2.05, 4.69) is 21.3 Å². The summed E-state index contributed by atoms with van der Waals surface area (Å²) in [6.07, 6.45) is 10.3. The molecular weight excluding hydrogens is 424 g/mol. The van der Waals surface area contributed by atoms with Gasteiger partial charge in [-0.2, -0.15) is 0 Å². The molecule has 0 bridgehead atoms. The molecule has 2 aromatic rings. The van der Waals surface area contributed by atoms with E-state index in [0.717, 1.165) is 47.6 Å². The fourth-order valence-corrected chi connectivity index (χ4v) is 5.20. The number of nitrogens with one attached hydrogen (secondary N) is 1. The molecule has 0 spiro atoms. The lowest BCUT2D eigenvalue weighted by Crippen LogP contribution is -2.41. The fraction of sp³-hybridized carbons (Fsp3) is 0.536. The Morgan fingerprint density at radius 1 is 1.12 bits per heavy atom. The van der Waals surface area contributed by atoms with E-state index in [1.165, 1.54) is 44.1 Å². The molecule has 5 rings (SSSR count). The van der Waals surface area contributed by atoms with Crippen molar-refractivity contribution in [1.29, 1.82) is 0 Å². The third-order valence-electron chi connectivity index (χ3n) is 7.60. The van der Waals surface area contributed by atoms with Gasteiger partial charge in [-0.15, -0.1) is 0 Å². The molecule has 1 amide bonds. The summed E-state index contributed by atoms with van der Waals surface area (Å²) in [5, 5.41) is 3.11. The van der Waals surface area contributed by atoms with Gasteiger partial charge in [0.25, 0.3) is 0 Å². The van der Waals surface area contributed by atoms with Crippen LogP contribution in [0.15, 0.2) is 47.6 Å². The SMILES string of the molecule is COC[C@@H](NC(=O)Cc1cc2c(cn1)C(N(CC1CCC1)CC1CCC1)=NC2)c1ccccc1. The summed E-state index contributed by atoms with van der Waals surface area (Å²) in [6.45, 7) is 3.37. The number of nitrogens with zero attached hydrogens (tertiary/aromatic N) is 3. The summed E-state index contributed by atoms with van der Waals surface area (Å²) in [4.78, 5) is 25.0. The van der Waals surface area contributed by atoms with Crippen molar-refractivity contribution >= 4 is 11.7 Å². The number of amides is 1. The highest BCUT2D eigenvalue weighted by Crippen LogP contribution is 2.33. The van der Waals surface area contributed by atoms with Crippen molar-refractivity contribution in [2.24, 2.45) is 16.8 Å². The lowest BCUT2D eigenvalue weighted by molar-refractivity contribution is -0.121. The molecule has 1 aliphatic heterocycles. The van der Waals surface area contributed by atoms with Gasteiger partial charge in [0, 0.05) is 32.0 Å². The number of ether oxygens (including phenoxy) is 1. The molecule has 0 saturated heterocycles. The number of amidine groups is 1. The molecule has 1 N–H and O–H groups in total. The van der Waals surface area contributed by atoms with E-state index in [1.807, 2.05) is 36.5 Å². The zero-order chi connectivity index (χ0) is 23.3. The van der Waals surface area contributed by atoms with E-state index in [-0.39, 0.29) is 18.4 Å². The summed E-state index contributed by atoms with van der Waals surface area (Å²) < 4.78 is 5.33. The molecule has 0 radical (unpaired) electrons. The Hall–Kier alpha value is -2.73. The predicted octanol–water partition coefficient (Wildman–Crippen LogP) is 4.29. The first-order valence-electron chi connectivity index (χ1n) is 12.8. The molecule has 1 aromatic heterocycles. The second kappa shape index (κ2) is 10.7. The highest BCUT2D eigenvalue weighted by molar-refractivity contribution is 6.01. The highest BCUT2D eigenvalue weighted by Gasteiger charge is 2.30. The Kier molecular flexibility index (Phi) is 7.24. The Bertz CT molecular complexity index is 998. The van der Waals surface area contributed by atoms with Crippen LogP contribution in [-0.2, 0) is 22.5 Å². The van der Waals surface area contributed by atoms with Crippen LogP contribution < -0.4 is 5.32 Å². The molecule has 3 aliphatic rings. The summed E-state index contributed by atoms with van der Waals surface area (Å²) in [6, 6.07) is 11.8. The Labute approximate surface area is 202 Å². The second-order valence-corrected chi connectivity index (χ2v) is 10.1. The molecule has 2 aliphatic carbocycles. The van der Waals surface area contributed by atoms with Crippen LogP contribution in [0.4, 0.5) is 0 Å². The van der Waals surface area contributed by atoms with Gasteiger partial charge in [-0.25, -0.2) is 0 Å². The number of hydrogen-bond donors (Lipinski definition) is 1. The largest absolute Gasteiger partial charge is 0.382 e. The first-order valence-corrected chi connectivity index (χ1v) is 12.8. The number of aliphatic imine (C=N–C) groups is 1. The van der Waals surface area contributed by atoms with Gasteiger partial charge in [-0.1, -0.05) is 43.2 Å². The van der Waals surface area contributed by atoms with Gasteiger partial charge in [0.05, 0.1) is 31.3 Å². The number of benzene rings is 1. The monoisotopic (exact) mass is 460 g/mol. The predicted molar refractivity (Wildman–Crippen MR) is 134 cm³/mol. The smallest absolute Gasteiger partial charge is 0.226 e. The topological polar surface area (TPSA) is 66.8 Å². The number of fused-ring (bicyclic) bond motifs is 1. The van der Waals surface area contributed by atoms with Crippen molar-refractivity contribution in [2.45, 2.75) is 57.5 Å². The van der Waals surface area contributed by atoms with Crippen molar-refractivity contribution in [3.8, 4) is 0 Å². The molecule has 2 fully saturated rings. The number of carbonyl (C=O) groups excluding carboxylic acids is 1. The van der Waals surface area contributed by atoms with Gasteiger partial charge in [0.1, 0.15) is 5.84 Å². The van der Waals surface area contributed by atoms with Crippen LogP contribution in [0.2, 0.25) is 0 Å². The average Bonchev–Trinajstić information content (AvgIpc) is 3.20. The number of methoxy groups -OCH3 is 1. The van der Waals surface area contributed by atoms with Gasteiger partial charge in [0.15, 0.2) is 0 Å². The van der Waals surface area contributed by atoms with Crippen LogP contribution in [0, 0.1) is 11.8 Å². The number of hydrogen-bond acceptors (Lipinski definition) is 5. The van der Waals surface area contributed by atoms with Crippen molar-refractivity contribution in [3.05, 3.63) is 65.0 Å². The number of rotatable bonds is 10. The molecule has 6 heteroatoms. The summed E-state index contributed by atoms with van der Waals surface area (Å²) in [7, 11) is 1.65. The van der Waals surface area contributed by atoms with Crippen molar-refractivity contribution in [2.75, 3.05) is 26.8 Å². The quantitative estimate of drug-likeness (QED) is 0.574. The van der Waals surface area contributed by atoms with Crippen LogP contribution in [0.1, 0.15) is 67.0 Å². The van der Waals surface area contributed by atoms with Gasteiger partial charge in [-0.05, 0) is 54.7 Å². The zero-order valence-corrected chi connectivity index (χ0v) is 20.2. The Morgan fingerprint density at radius 2 is 1.82 bits per heavy atom. The van der Waals surface area contributed by atoms with E-state index in [0.29, 0.717) is 13.2 Å². The van der Waals surface area contributed by atoms with Gasteiger partial charge in [-0.3, -0.25) is 14.8 Å². The molecule has 0 unspecified atom stereocenters. The molecule has 2 saturated carbocycles. The van der Waals surface area contributed by atoms with E-state index >= 15 is 0 Å². The van der Waals surface area contributed by atoms with E-state index < -0.39 is 0 Å². The van der Waals surface area contributed by atoms with Gasteiger partial charge >= 0.3 is 0 Å². The maximum absolute atomic E-state index is 12.8. The van der Waals surface area contributed by atoms with Crippen LogP contribution in [-0.4, -0.2) is 48.4 Å². The minimum Gasteiger partial charge on any atom is -0.382 e. The first-order chi connectivity index (χ1) is 16.7. The molecule has 34 heavy (non-hydrogen) atoms. The van der Waals surface area contributed by atoms with Gasteiger partial charge < -0.3 is 15.0 Å². The van der Waals surface area contributed by atoms with Crippen LogP contribution in [0.5, 0.6) is 0 Å². The molecule has 2 heterocycles. The second-order valence-electron chi connectivity index (χ2n) is 10.1. The van der Waals surface area contributed by atoms with Gasteiger partial charge in [0.2, 0.25) is 5.91 Å². The van der Waals surface area contributed by atoms with Crippen molar-refractivity contribution in [3.63, 3.8) is 0 Å². The number of aromatic nitrogens is 1. The molecular formula is C28H36N4O2. The lowest BCUT2D eigenvalue weighted by Gasteiger charge is -2.38. The Morgan fingerprint density at radius 3 is 2.44 bits per heavy atom. The summed E-state index contributed by atoms with van der Waals surface area (Å²) in [5.74, 6) is 2.70. The van der Waals surface area contributed by atoms with Crippen molar-refractivity contribution in [1.82, 2.24) is 15.2 Å². The third-order valence-corrected chi connectivity index (χ3v) is 7.60. The summed E-state index contributed by atoms with van der Waals surface area (Å²) in [5.41, 5.74) is 4.18. The minimum atomic E-state index is -0.172. The highest BCUT2D eigenvalue weighted by atomic mass is 16.5.